The zero-order valence-electron chi connectivity index (χ0n) is 7.39. The highest BCUT2D eigenvalue weighted by Gasteiger charge is 2.31. The highest BCUT2D eigenvalue weighted by molar-refractivity contribution is 6.30. The molecule has 1 N–H and O–H groups in total. The van der Waals surface area contributed by atoms with Crippen molar-refractivity contribution in [3.05, 3.63) is 16.7 Å². The van der Waals surface area contributed by atoms with Crippen molar-refractivity contribution < 1.29 is 0 Å². The van der Waals surface area contributed by atoms with E-state index in [1.165, 1.54) is 24.4 Å². The molecule has 13 heavy (non-hydrogen) atoms. The lowest BCUT2D eigenvalue weighted by Gasteiger charge is -2.17. The Kier molecular flexibility index (Phi) is 1.64. The van der Waals surface area contributed by atoms with Crippen molar-refractivity contribution in [2.24, 2.45) is 0 Å². The summed E-state index contributed by atoms with van der Waals surface area (Å²) in [5, 5.41) is 4.01. The van der Waals surface area contributed by atoms with Crippen LogP contribution in [0.25, 0.3) is 0 Å². The van der Waals surface area contributed by atoms with E-state index in [-0.39, 0.29) is 0 Å². The van der Waals surface area contributed by atoms with Gasteiger partial charge in [-0.15, -0.1) is 0 Å². The SMILES string of the molecule is Clc1nc(C2CC2)n2c1CNCC2. The van der Waals surface area contributed by atoms with Crippen LogP contribution in [-0.2, 0) is 13.1 Å². The van der Waals surface area contributed by atoms with E-state index in [1.54, 1.807) is 0 Å². The van der Waals surface area contributed by atoms with Gasteiger partial charge in [-0.05, 0) is 12.8 Å². The maximum Gasteiger partial charge on any atom is 0.151 e. The van der Waals surface area contributed by atoms with Crippen LogP contribution in [0.5, 0.6) is 0 Å². The first-order chi connectivity index (χ1) is 6.36. The Balaban J connectivity index is 2.09. The third kappa shape index (κ3) is 1.18. The van der Waals surface area contributed by atoms with Gasteiger partial charge in [0, 0.05) is 25.6 Å². The van der Waals surface area contributed by atoms with Crippen molar-refractivity contribution in [2.75, 3.05) is 6.54 Å². The van der Waals surface area contributed by atoms with Crippen LogP contribution < -0.4 is 5.32 Å². The molecule has 0 unspecified atom stereocenters. The average molecular weight is 198 g/mol. The van der Waals surface area contributed by atoms with Gasteiger partial charge in [0.25, 0.3) is 0 Å². The van der Waals surface area contributed by atoms with Crippen molar-refractivity contribution >= 4 is 11.6 Å². The van der Waals surface area contributed by atoms with E-state index < -0.39 is 0 Å². The van der Waals surface area contributed by atoms with Gasteiger partial charge < -0.3 is 9.88 Å². The Morgan fingerprint density at radius 3 is 3.08 bits per heavy atom. The molecule has 0 spiro atoms. The summed E-state index contributed by atoms with van der Waals surface area (Å²) in [6.45, 7) is 2.94. The van der Waals surface area contributed by atoms with Gasteiger partial charge in [0.2, 0.25) is 0 Å². The predicted octanol–water partition coefficient (Wildman–Crippen LogP) is 1.52. The second-order valence-corrected chi connectivity index (χ2v) is 4.17. The summed E-state index contributed by atoms with van der Waals surface area (Å²) in [6, 6.07) is 0. The normalized spacial score (nSPS) is 21.6. The van der Waals surface area contributed by atoms with E-state index in [0.717, 1.165) is 19.6 Å². The van der Waals surface area contributed by atoms with Crippen LogP contribution in [-0.4, -0.2) is 16.1 Å². The van der Waals surface area contributed by atoms with Crippen LogP contribution in [0, 0.1) is 0 Å². The highest BCUT2D eigenvalue weighted by atomic mass is 35.5. The Hall–Kier alpha value is -0.540. The number of hydrogen-bond donors (Lipinski definition) is 1. The molecule has 1 aromatic rings. The predicted molar refractivity (Wildman–Crippen MR) is 50.9 cm³/mol. The summed E-state index contributed by atoms with van der Waals surface area (Å²) in [4.78, 5) is 4.44. The molecule has 0 atom stereocenters. The third-order valence-corrected chi connectivity index (χ3v) is 3.10. The van der Waals surface area contributed by atoms with E-state index in [9.17, 15) is 0 Å². The van der Waals surface area contributed by atoms with Gasteiger partial charge in [0.05, 0.1) is 5.69 Å². The summed E-state index contributed by atoms with van der Waals surface area (Å²) < 4.78 is 2.30. The molecule has 2 heterocycles. The number of fused-ring (bicyclic) bond motifs is 1. The van der Waals surface area contributed by atoms with E-state index in [0.29, 0.717) is 11.1 Å². The summed E-state index contributed by atoms with van der Waals surface area (Å²) in [5.41, 5.74) is 1.18. The Labute approximate surface area is 82.1 Å². The molecule has 4 heteroatoms. The van der Waals surface area contributed by atoms with Crippen LogP contribution in [0.15, 0.2) is 0 Å². The van der Waals surface area contributed by atoms with Crippen LogP contribution in [0.1, 0.15) is 30.3 Å². The Morgan fingerprint density at radius 2 is 2.31 bits per heavy atom. The molecule has 1 saturated carbocycles. The fourth-order valence-corrected chi connectivity index (χ4v) is 2.20. The first kappa shape index (κ1) is 7.83. The molecule has 1 aliphatic heterocycles. The smallest absolute Gasteiger partial charge is 0.151 e. The van der Waals surface area contributed by atoms with Crippen LogP contribution >= 0.6 is 11.6 Å². The van der Waals surface area contributed by atoms with Gasteiger partial charge in [-0.25, -0.2) is 4.98 Å². The number of rotatable bonds is 1. The molecule has 1 fully saturated rings. The monoisotopic (exact) mass is 197 g/mol. The van der Waals surface area contributed by atoms with Gasteiger partial charge >= 0.3 is 0 Å². The zero-order chi connectivity index (χ0) is 8.84. The molecule has 0 bridgehead atoms. The quantitative estimate of drug-likeness (QED) is 0.740. The van der Waals surface area contributed by atoms with Crippen molar-refractivity contribution in [3.8, 4) is 0 Å². The van der Waals surface area contributed by atoms with Crippen molar-refractivity contribution in [2.45, 2.75) is 31.8 Å². The first-order valence-electron chi connectivity index (χ1n) is 4.82. The highest BCUT2D eigenvalue weighted by Crippen LogP contribution is 2.41. The Bertz CT molecular complexity index is 341. The maximum atomic E-state index is 6.06. The second-order valence-electron chi connectivity index (χ2n) is 3.81. The lowest BCUT2D eigenvalue weighted by molar-refractivity contribution is 0.501. The molecule has 1 aliphatic carbocycles. The fraction of sp³-hybridized carbons (Fsp3) is 0.667. The number of hydrogen-bond acceptors (Lipinski definition) is 2. The van der Waals surface area contributed by atoms with Crippen molar-refractivity contribution in [3.63, 3.8) is 0 Å². The summed E-state index contributed by atoms with van der Waals surface area (Å²) in [6.07, 6.45) is 2.58. The molecule has 3 nitrogen and oxygen atoms in total. The van der Waals surface area contributed by atoms with Crippen molar-refractivity contribution in [1.29, 1.82) is 0 Å². The van der Waals surface area contributed by atoms with Crippen LogP contribution in [0.2, 0.25) is 5.15 Å². The molecular weight excluding hydrogens is 186 g/mol. The van der Waals surface area contributed by atoms with E-state index in [2.05, 4.69) is 14.9 Å². The average Bonchev–Trinajstić information content (AvgIpc) is 2.94. The lowest BCUT2D eigenvalue weighted by Crippen LogP contribution is -2.28. The van der Waals surface area contributed by atoms with Gasteiger partial charge in [0.15, 0.2) is 5.15 Å². The number of halogens is 1. The molecule has 70 valence electrons. The minimum Gasteiger partial charge on any atom is -0.328 e. The molecule has 0 saturated heterocycles. The van der Waals surface area contributed by atoms with E-state index in [1.807, 2.05) is 0 Å². The molecule has 3 rings (SSSR count). The van der Waals surface area contributed by atoms with E-state index in [4.69, 9.17) is 11.6 Å². The number of nitrogens with zero attached hydrogens (tertiary/aromatic N) is 2. The zero-order valence-corrected chi connectivity index (χ0v) is 8.14. The first-order valence-corrected chi connectivity index (χ1v) is 5.19. The molecule has 0 amide bonds. The van der Waals surface area contributed by atoms with Gasteiger partial charge in [-0.1, -0.05) is 11.6 Å². The van der Waals surface area contributed by atoms with Gasteiger partial charge in [-0.3, -0.25) is 0 Å². The lowest BCUT2D eigenvalue weighted by atomic mass is 10.3. The minimum atomic E-state index is 0.698. The second kappa shape index (κ2) is 2.72. The molecule has 0 aromatic carbocycles. The van der Waals surface area contributed by atoms with Crippen LogP contribution in [0.4, 0.5) is 0 Å². The molecular formula is C9H12ClN3. The summed E-state index contributed by atoms with van der Waals surface area (Å²) >= 11 is 6.06. The minimum absolute atomic E-state index is 0.698. The summed E-state index contributed by atoms with van der Waals surface area (Å²) in [5.74, 6) is 1.92. The van der Waals surface area contributed by atoms with Gasteiger partial charge in [0.1, 0.15) is 5.82 Å². The van der Waals surface area contributed by atoms with Gasteiger partial charge in [-0.2, -0.15) is 0 Å². The fourth-order valence-electron chi connectivity index (χ4n) is 1.94. The van der Waals surface area contributed by atoms with Crippen molar-refractivity contribution in [1.82, 2.24) is 14.9 Å². The Morgan fingerprint density at radius 1 is 1.46 bits per heavy atom. The van der Waals surface area contributed by atoms with E-state index >= 15 is 0 Å². The number of imidazole rings is 1. The third-order valence-electron chi connectivity index (χ3n) is 2.80. The maximum absolute atomic E-state index is 6.06. The molecule has 1 aromatic heterocycles. The standard InChI is InChI=1S/C9H12ClN3/c10-8-7-5-11-3-4-13(7)9(12-8)6-1-2-6/h6,11H,1-5H2. The topological polar surface area (TPSA) is 29.9 Å². The molecule has 0 radical (unpaired) electrons. The largest absolute Gasteiger partial charge is 0.328 e. The number of aromatic nitrogens is 2. The summed E-state index contributed by atoms with van der Waals surface area (Å²) in [7, 11) is 0. The molecule has 2 aliphatic rings. The number of nitrogens with one attached hydrogen (secondary N) is 1. The van der Waals surface area contributed by atoms with Crippen LogP contribution in [0.3, 0.4) is 0 Å².